The molecule has 0 heterocycles. The van der Waals surface area contributed by atoms with E-state index < -0.39 is 0 Å². The Bertz CT molecular complexity index is 450. The van der Waals surface area contributed by atoms with Crippen LogP contribution >= 0.6 is 12.6 Å². The number of hydrogen-bond donors (Lipinski definition) is 1. The van der Waals surface area contributed by atoms with Crippen LogP contribution in [0.5, 0.6) is 5.75 Å². The lowest BCUT2D eigenvalue weighted by atomic mass is 9.77. The largest absolute Gasteiger partial charge is 0.426 e. The van der Waals surface area contributed by atoms with E-state index in [0.717, 1.165) is 11.7 Å². The van der Waals surface area contributed by atoms with Crippen molar-refractivity contribution < 1.29 is 9.53 Å². The molecule has 1 aromatic carbocycles. The van der Waals surface area contributed by atoms with Crippen LogP contribution in [0.4, 0.5) is 0 Å². The summed E-state index contributed by atoms with van der Waals surface area (Å²) < 4.78 is 5.53. The van der Waals surface area contributed by atoms with Crippen molar-refractivity contribution in [2.75, 3.05) is 5.75 Å². The molecular formula is C18H26O2S. The van der Waals surface area contributed by atoms with Crippen LogP contribution in [0.3, 0.4) is 0 Å². The van der Waals surface area contributed by atoms with Crippen molar-refractivity contribution in [3.05, 3.63) is 29.8 Å². The summed E-state index contributed by atoms with van der Waals surface area (Å²) in [5.41, 5.74) is 1.21. The molecule has 116 valence electrons. The Hall–Kier alpha value is -0.960. The van der Waals surface area contributed by atoms with Gasteiger partial charge in [0, 0.05) is 5.75 Å². The normalized spacial score (nSPS) is 22.0. The van der Waals surface area contributed by atoms with Crippen LogP contribution in [0.15, 0.2) is 24.3 Å². The van der Waals surface area contributed by atoms with Gasteiger partial charge in [-0.15, -0.1) is 0 Å². The van der Waals surface area contributed by atoms with Gasteiger partial charge < -0.3 is 4.74 Å². The Kier molecular flexibility index (Phi) is 6.62. The minimum atomic E-state index is -0.183. The van der Waals surface area contributed by atoms with Gasteiger partial charge in [-0.2, -0.15) is 12.6 Å². The van der Waals surface area contributed by atoms with Crippen LogP contribution in [-0.2, 0) is 4.79 Å². The van der Waals surface area contributed by atoms with Crippen molar-refractivity contribution in [1.29, 1.82) is 0 Å². The fraction of sp³-hybridized carbons (Fsp3) is 0.611. The first kappa shape index (κ1) is 16.4. The number of hydrogen-bond acceptors (Lipinski definition) is 3. The third-order valence-corrected chi connectivity index (χ3v) is 4.67. The zero-order valence-corrected chi connectivity index (χ0v) is 13.8. The molecule has 1 aliphatic carbocycles. The molecule has 0 N–H and O–H groups in total. The Morgan fingerprint density at radius 1 is 1.24 bits per heavy atom. The molecule has 3 heteroatoms. The number of para-hydroxylation sites is 1. The Balaban J connectivity index is 2.01. The number of rotatable bonds is 6. The highest BCUT2D eigenvalue weighted by Gasteiger charge is 2.24. The summed E-state index contributed by atoms with van der Waals surface area (Å²) in [5.74, 6) is 2.53. The van der Waals surface area contributed by atoms with Crippen molar-refractivity contribution >= 4 is 18.6 Å². The lowest BCUT2D eigenvalue weighted by molar-refractivity contribution is -0.133. The quantitative estimate of drug-likeness (QED) is 0.455. The summed E-state index contributed by atoms with van der Waals surface area (Å²) >= 11 is 4.08. The molecule has 0 unspecified atom stereocenters. The maximum Gasteiger partial charge on any atom is 0.312 e. The van der Waals surface area contributed by atoms with E-state index in [1.165, 1.54) is 44.1 Å². The minimum absolute atomic E-state index is 0.183. The summed E-state index contributed by atoms with van der Waals surface area (Å²) in [6.07, 6.45) is 8.03. The first-order valence-corrected chi connectivity index (χ1v) is 8.78. The molecule has 2 nitrogen and oxygen atoms in total. The smallest absolute Gasteiger partial charge is 0.312 e. The van der Waals surface area contributed by atoms with Crippen molar-refractivity contribution in [2.24, 2.45) is 5.92 Å². The summed E-state index contributed by atoms with van der Waals surface area (Å²) in [5, 5.41) is 0. The first-order valence-electron chi connectivity index (χ1n) is 8.15. The first-order chi connectivity index (χ1) is 10.2. The highest BCUT2D eigenvalue weighted by molar-refractivity contribution is 7.80. The molecule has 1 fully saturated rings. The monoisotopic (exact) mass is 306 g/mol. The molecule has 1 saturated carbocycles. The average Bonchev–Trinajstić information content (AvgIpc) is 2.49. The number of thiol groups is 1. The van der Waals surface area contributed by atoms with Gasteiger partial charge in [0.25, 0.3) is 0 Å². The molecule has 1 aromatic rings. The number of ether oxygens (including phenoxy) is 1. The minimum Gasteiger partial charge on any atom is -0.426 e. The van der Waals surface area contributed by atoms with Crippen molar-refractivity contribution in [3.8, 4) is 5.75 Å². The van der Waals surface area contributed by atoms with E-state index in [0.29, 0.717) is 18.1 Å². The van der Waals surface area contributed by atoms with Crippen LogP contribution in [0.1, 0.15) is 63.4 Å². The molecule has 0 saturated heterocycles. The molecule has 0 bridgehead atoms. The van der Waals surface area contributed by atoms with Crippen molar-refractivity contribution in [3.63, 3.8) is 0 Å². The molecule has 0 aliphatic heterocycles. The second-order valence-electron chi connectivity index (χ2n) is 5.99. The molecule has 0 spiro atoms. The molecule has 1 aliphatic rings. The topological polar surface area (TPSA) is 26.3 Å². The van der Waals surface area contributed by atoms with E-state index in [1.807, 2.05) is 18.2 Å². The number of benzene rings is 1. The summed E-state index contributed by atoms with van der Waals surface area (Å²) in [4.78, 5) is 11.7. The number of carbonyl (C=O) groups is 1. The lowest BCUT2D eigenvalue weighted by Gasteiger charge is -2.29. The SMILES string of the molecule is CCCC1CCC(c2ccccc2OC(=O)CCS)CC1. The van der Waals surface area contributed by atoms with E-state index in [1.54, 1.807) is 0 Å². The van der Waals surface area contributed by atoms with Gasteiger partial charge in [-0.05, 0) is 49.1 Å². The maximum absolute atomic E-state index is 11.7. The Labute approximate surface area is 133 Å². The molecule has 0 radical (unpaired) electrons. The highest BCUT2D eigenvalue weighted by atomic mass is 32.1. The van der Waals surface area contributed by atoms with Crippen molar-refractivity contribution in [1.82, 2.24) is 0 Å². The van der Waals surface area contributed by atoms with Crippen LogP contribution in [0.25, 0.3) is 0 Å². The zero-order valence-electron chi connectivity index (χ0n) is 12.9. The van der Waals surface area contributed by atoms with Crippen LogP contribution in [0, 0.1) is 5.92 Å². The van der Waals surface area contributed by atoms with Crippen LogP contribution in [0.2, 0.25) is 0 Å². The molecule has 0 amide bonds. The number of esters is 1. The van der Waals surface area contributed by atoms with Gasteiger partial charge in [-0.3, -0.25) is 4.79 Å². The van der Waals surface area contributed by atoms with Gasteiger partial charge in [-0.1, -0.05) is 38.0 Å². The van der Waals surface area contributed by atoms with Crippen LogP contribution in [-0.4, -0.2) is 11.7 Å². The predicted octanol–water partition coefficient (Wildman–Crippen LogP) is 4.99. The standard InChI is InChI=1S/C18H26O2S/c1-2-5-14-8-10-15(11-9-14)16-6-3-4-7-17(16)20-18(19)12-13-21/h3-4,6-7,14-15,21H,2,5,8-13H2,1H3. The zero-order chi connectivity index (χ0) is 15.1. The summed E-state index contributed by atoms with van der Waals surface area (Å²) in [6.45, 7) is 2.27. The second kappa shape index (κ2) is 8.47. The van der Waals surface area contributed by atoms with Gasteiger partial charge in [0.2, 0.25) is 0 Å². The maximum atomic E-state index is 11.7. The lowest BCUT2D eigenvalue weighted by Crippen LogP contribution is -2.15. The molecule has 0 aromatic heterocycles. The molecule has 21 heavy (non-hydrogen) atoms. The third kappa shape index (κ3) is 4.77. The molecule has 2 rings (SSSR count). The predicted molar refractivity (Wildman–Crippen MR) is 90.2 cm³/mol. The van der Waals surface area contributed by atoms with E-state index in [9.17, 15) is 4.79 Å². The van der Waals surface area contributed by atoms with Gasteiger partial charge in [0.1, 0.15) is 5.75 Å². The number of carbonyl (C=O) groups excluding carboxylic acids is 1. The summed E-state index contributed by atoms with van der Waals surface area (Å²) in [7, 11) is 0. The average molecular weight is 306 g/mol. The van der Waals surface area contributed by atoms with Gasteiger partial charge >= 0.3 is 5.97 Å². The molecule has 0 atom stereocenters. The molecular weight excluding hydrogens is 280 g/mol. The van der Waals surface area contributed by atoms with E-state index in [2.05, 4.69) is 25.6 Å². The third-order valence-electron chi connectivity index (χ3n) is 4.44. The van der Waals surface area contributed by atoms with Crippen molar-refractivity contribution in [2.45, 2.75) is 57.8 Å². The van der Waals surface area contributed by atoms with E-state index >= 15 is 0 Å². The summed E-state index contributed by atoms with van der Waals surface area (Å²) in [6, 6.07) is 8.02. The van der Waals surface area contributed by atoms with Gasteiger partial charge in [0.05, 0.1) is 6.42 Å². The van der Waals surface area contributed by atoms with Gasteiger partial charge in [-0.25, -0.2) is 0 Å². The van der Waals surface area contributed by atoms with Gasteiger partial charge in [0.15, 0.2) is 0 Å². The van der Waals surface area contributed by atoms with Crippen LogP contribution < -0.4 is 4.74 Å². The fourth-order valence-electron chi connectivity index (χ4n) is 3.35. The highest BCUT2D eigenvalue weighted by Crippen LogP contribution is 2.40. The second-order valence-corrected chi connectivity index (χ2v) is 6.44. The van der Waals surface area contributed by atoms with E-state index in [-0.39, 0.29) is 5.97 Å². The Morgan fingerprint density at radius 2 is 1.95 bits per heavy atom. The van der Waals surface area contributed by atoms with E-state index in [4.69, 9.17) is 4.74 Å². The Morgan fingerprint density at radius 3 is 2.62 bits per heavy atom. The fourth-order valence-corrected chi connectivity index (χ4v) is 3.53.